The molecule has 0 saturated carbocycles. The third kappa shape index (κ3) is 3.11. The van der Waals surface area contributed by atoms with Gasteiger partial charge in [0.1, 0.15) is 0 Å². The number of carbonyl (C=O) groups excluding carboxylic acids is 1. The Bertz CT molecular complexity index is 923. The first-order valence-electron chi connectivity index (χ1n) is 6.79. The predicted octanol–water partition coefficient (Wildman–Crippen LogP) is 3.64. The smallest absolute Gasteiger partial charge is 0.299 e. The van der Waals surface area contributed by atoms with Crippen LogP contribution in [0.15, 0.2) is 54.6 Å². The second-order valence-corrected chi connectivity index (χ2v) is 5.22. The zero-order valence-corrected chi connectivity index (χ0v) is 12.9. The van der Waals surface area contributed by atoms with Crippen molar-refractivity contribution >= 4 is 23.8 Å². The van der Waals surface area contributed by atoms with Crippen LogP contribution in [-0.2, 0) is 4.79 Å². The number of nitro groups is 1. The first kappa shape index (κ1) is 15.7. The lowest BCUT2D eigenvalue weighted by Crippen LogP contribution is -2.00. The van der Waals surface area contributed by atoms with Crippen molar-refractivity contribution in [3.05, 3.63) is 69.7 Å². The van der Waals surface area contributed by atoms with Gasteiger partial charge in [-0.15, -0.1) is 5.10 Å². The molecule has 0 fully saturated rings. The molecule has 24 heavy (non-hydrogen) atoms. The maximum absolute atomic E-state index is 11.0. The van der Waals surface area contributed by atoms with E-state index in [-0.39, 0.29) is 18.0 Å². The summed E-state index contributed by atoms with van der Waals surface area (Å²) in [6, 6.07) is 14.5. The highest BCUT2D eigenvalue weighted by molar-refractivity contribution is 6.30. The molecule has 0 saturated heterocycles. The summed E-state index contributed by atoms with van der Waals surface area (Å²) in [6.07, 6.45) is 0. The maximum atomic E-state index is 11.0. The Kier molecular flexibility index (Phi) is 4.26. The highest BCUT2D eigenvalue weighted by atomic mass is 35.5. The minimum absolute atomic E-state index is 0.0517. The van der Waals surface area contributed by atoms with Crippen LogP contribution in [0.25, 0.3) is 16.9 Å². The molecule has 3 rings (SSSR count). The largest absolute Gasteiger partial charge is 0.408 e. The molecule has 120 valence electrons. The van der Waals surface area contributed by atoms with E-state index in [1.54, 1.807) is 36.4 Å². The van der Waals surface area contributed by atoms with Crippen LogP contribution in [0.4, 0.5) is 5.69 Å². The highest BCUT2D eigenvalue weighted by Gasteiger charge is 2.15. The first-order chi connectivity index (χ1) is 11.6. The standard InChI is InChI=1S/C16H10ClN3O4/c17-12-4-2-5-13(8-12)19-15(9-16(18-19)24-10-21)11-3-1-6-14(7-11)20(22)23/h1-10H. The molecule has 0 spiro atoms. The number of halogens is 1. The molecular weight excluding hydrogens is 334 g/mol. The Morgan fingerprint density at radius 1 is 1.17 bits per heavy atom. The van der Waals surface area contributed by atoms with E-state index in [0.717, 1.165) is 0 Å². The van der Waals surface area contributed by atoms with Crippen LogP contribution in [-0.4, -0.2) is 21.2 Å². The zero-order valence-electron chi connectivity index (χ0n) is 12.1. The number of nitrogens with zero attached hydrogens (tertiary/aromatic N) is 3. The van der Waals surface area contributed by atoms with Crippen LogP contribution < -0.4 is 4.74 Å². The summed E-state index contributed by atoms with van der Waals surface area (Å²) in [7, 11) is 0. The van der Waals surface area contributed by atoms with Crippen molar-refractivity contribution in [1.82, 2.24) is 9.78 Å². The lowest BCUT2D eigenvalue weighted by molar-refractivity contribution is -0.384. The summed E-state index contributed by atoms with van der Waals surface area (Å²) in [5, 5.41) is 15.7. The molecule has 3 aromatic rings. The van der Waals surface area contributed by atoms with Crippen molar-refractivity contribution < 1.29 is 14.5 Å². The number of ether oxygens (including phenoxy) is 1. The van der Waals surface area contributed by atoms with E-state index in [9.17, 15) is 14.9 Å². The summed E-state index contributed by atoms with van der Waals surface area (Å²) in [5.41, 5.74) is 1.66. The molecule has 0 atom stereocenters. The Labute approximate surface area is 141 Å². The zero-order chi connectivity index (χ0) is 17.1. The molecule has 0 amide bonds. The predicted molar refractivity (Wildman–Crippen MR) is 87.4 cm³/mol. The third-order valence-corrected chi connectivity index (χ3v) is 3.50. The van der Waals surface area contributed by atoms with Gasteiger partial charge >= 0.3 is 0 Å². The van der Waals surface area contributed by atoms with E-state index in [2.05, 4.69) is 5.10 Å². The van der Waals surface area contributed by atoms with E-state index < -0.39 is 4.92 Å². The number of benzene rings is 2. The lowest BCUT2D eigenvalue weighted by Gasteiger charge is -2.07. The van der Waals surface area contributed by atoms with Gasteiger partial charge in [0.25, 0.3) is 12.2 Å². The molecule has 0 radical (unpaired) electrons. The van der Waals surface area contributed by atoms with Gasteiger partial charge in [-0.25, -0.2) is 4.68 Å². The number of non-ortho nitro benzene ring substituents is 1. The van der Waals surface area contributed by atoms with E-state index in [4.69, 9.17) is 16.3 Å². The molecule has 0 N–H and O–H groups in total. The fraction of sp³-hybridized carbons (Fsp3) is 0. The van der Waals surface area contributed by atoms with Crippen molar-refractivity contribution in [2.24, 2.45) is 0 Å². The van der Waals surface area contributed by atoms with Crippen molar-refractivity contribution in [2.75, 3.05) is 0 Å². The Hall–Kier alpha value is -3.19. The third-order valence-electron chi connectivity index (χ3n) is 3.26. The van der Waals surface area contributed by atoms with Gasteiger partial charge in [0.15, 0.2) is 0 Å². The van der Waals surface area contributed by atoms with Gasteiger partial charge in [-0.1, -0.05) is 29.8 Å². The topological polar surface area (TPSA) is 87.3 Å². The average Bonchev–Trinajstić information content (AvgIpc) is 2.99. The molecule has 2 aromatic carbocycles. The Morgan fingerprint density at radius 2 is 1.96 bits per heavy atom. The lowest BCUT2D eigenvalue weighted by atomic mass is 10.1. The molecule has 0 aliphatic carbocycles. The molecule has 0 unspecified atom stereocenters. The molecule has 0 aliphatic rings. The minimum Gasteiger partial charge on any atom is -0.408 e. The number of nitro benzene ring substituents is 1. The first-order valence-corrected chi connectivity index (χ1v) is 7.17. The van der Waals surface area contributed by atoms with Crippen molar-refractivity contribution in [1.29, 1.82) is 0 Å². The highest BCUT2D eigenvalue weighted by Crippen LogP contribution is 2.29. The summed E-state index contributed by atoms with van der Waals surface area (Å²) < 4.78 is 6.30. The van der Waals surface area contributed by atoms with Crippen molar-refractivity contribution in [3.8, 4) is 22.8 Å². The normalized spacial score (nSPS) is 10.4. The molecule has 1 aromatic heterocycles. The number of carbonyl (C=O) groups is 1. The van der Waals surface area contributed by atoms with Crippen LogP contribution in [0.1, 0.15) is 0 Å². The summed E-state index contributed by atoms with van der Waals surface area (Å²) >= 11 is 6.01. The quantitative estimate of drug-likeness (QED) is 0.401. The second-order valence-electron chi connectivity index (χ2n) is 4.78. The summed E-state index contributed by atoms with van der Waals surface area (Å²) in [5.74, 6) is 0.0754. The van der Waals surface area contributed by atoms with Crippen LogP contribution >= 0.6 is 11.6 Å². The minimum atomic E-state index is -0.480. The fourth-order valence-electron chi connectivity index (χ4n) is 2.26. The van der Waals surface area contributed by atoms with Gasteiger partial charge in [-0.3, -0.25) is 14.9 Å². The van der Waals surface area contributed by atoms with E-state index in [1.807, 2.05) is 0 Å². The van der Waals surface area contributed by atoms with E-state index in [0.29, 0.717) is 22.0 Å². The Balaban J connectivity index is 2.17. The van der Waals surface area contributed by atoms with Gasteiger partial charge in [-0.2, -0.15) is 0 Å². The van der Waals surface area contributed by atoms with Crippen LogP contribution in [0.2, 0.25) is 5.02 Å². The second kappa shape index (κ2) is 6.51. The molecular formula is C16H10ClN3O4. The van der Waals surface area contributed by atoms with Crippen LogP contribution in [0, 0.1) is 10.1 Å². The monoisotopic (exact) mass is 343 g/mol. The van der Waals surface area contributed by atoms with Crippen LogP contribution in [0.3, 0.4) is 0 Å². The molecule has 0 aliphatic heterocycles. The summed E-state index contributed by atoms with van der Waals surface area (Å²) in [4.78, 5) is 21.1. The fourth-order valence-corrected chi connectivity index (χ4v) is 2.44. The molecule has 0 bridgehead atoms. The van der Waals surface area contributed by atoms with Crippen molar-refractivity contribution in [2.45, 2.75) is 0 Å². The van der Waals surface area contributed by atoms with Gasteiger partial charge in [0.05, 0.1) is 16.3 Å². The SMILES string of the molecule is O=COc1cc(-c2cccc([N+](=O)[O-])c2)n(-c2cccc(Cl)c2)n1. The van der Waals surface area contributed by atoms with Gasteiger partial charge < -0.3 is 4.74 Å². The summed E-state index contributed by atoms with van der Waals surface area (Å²) in [6.45, 7) is 0.266. The molecule has 7 nitrogen and oxygen atoms in total. The molecule has 1 heterocycles. The number of hydrogen-bond donors (Lipinski definition) is 0. The Morgan fingerprint density at radius 3 is 2.67 bits per heavy atom. The van der Waals surface area contributed by atoms with Gasteiger partial charge in [0, 0.05) is 28.8 Å². The van der Waals surface area contributed by atoms with Gasteiger partial charge in [-0.05, 0) is 18.2 Å². The van der Waals surface area contributed by atoms with Crippen molar-refractivity contribution in [3.63, 3.8) is 0 Å². The average molecular weight is 344 g/mol. The van der Waals surface area contributed by atoms with E-state index >= 15 is 0 Å². The maximum Gasteiger partial charge on any atom is 0.299 e. The van der Waals surface area contributed by atoms with Gasteiger partial charge in [0.2, 0.25) is 5.88 Å². The molecule has 8 heteroatoms. The number of rotatable bonds is 5. The number of hydrogen-bond acceptors (Lipinski definition) is 5. The number of aromatic nitrogens is 2. The van der Waals surface area contributed by atoms with E-state index in [1.165, 1.54) is 22.9 Å². The van der Waals surface area contributed by atoms with Crippen LogP contribution in [0.5, 0.6) is 5.88 Å².